The number of hydrogen-bond acceptors (Lipinski definition) is 7. The maximum Gasteiger partial charge on any atom is 0.260 e. The van der Waals surface area contributed by atoms with Crippen molar-refractivity contribution in [1.29, 1.82) is 0 Å². The lowest BCUT2D eigenvalue weighted by atomic mass is 10.2. The van der Waals surface area contributed by atoms with Crippen LogP contribution in [0.4, 0.5) is 0 Å². The Morgan fingerprint density at radius 1 is 1.28 bits per heavy atom. The zero-order valence-electron chi connectivity index (χ0n) is 15.1. The number of ether oxygens (including phenoxy) is 2. The number of hydrogen-bond donors (Lipinski definition) is 0. The van der Waals surface area contributed by atoms with Gasteiger partial charge in [0, 0.05) is 20.5 Å². The summed E-state index contributed by atoms with van der Waals surface area (Å²) in [5, 5.41) is 12.1. The molecule has 1 aliphatic rings. The average molecular weight is 349 g/mol. The third-order valence-electron chi connectivity index (χ3n) is 4.21. The van der Waals surface area contributed by atoms with E-state index in [9.17, 15) is 4.79 Å². The van der Waals surface area contributed by atoms with Crippen LogP contribution in [0, 0.1) is 20.8 Å². The van der Waals surface area contributed by atoms with Gasteiger partial charge in [0.05, 0.1) is 18.3 Å². The van der Waals surface area contributed by atoms with Gasteiger partial charge in [-0.2, -0.15) is 5.10 Å². The first-order chi connectivity index (χ1) is 11.8. The second-order valence-electron chi connectivity index (χ2n) is 6.31. The van der Waals surface area contributed by atoms with Crippen LogP contribution < -0.4 is 4.74 Å². The third kappa shape index (κ3) is 3.65. The monoisotopic (exact) mass is 349 g/mol. The van der Waals surface area contributed by atoms with E-state index in [1.54, 1.807) is 16.5 Å². The van der Waals surface area contributed by atoms with Gasteiger partial charge < -0.3 is 18.8 Å². The molecule has 1 fully saturated rings. The standard InChI is InChI=1S/C16H23N5O4/c1-9-6-21(7-13(24-9)16-18-17-12(4)25-16)14(22)8-23-15-10(2)19-20(5)11(15)3/h9,13H,6-8H2,1-5H3/t9-,13-/m1/s1. The molecule has 0 unspecified atom stereocenters. The summed E-state index contributed by atoms with van der Waals surface area (Å²) in [6.45, 7) is 8.21. The number of morpholine rings is 1. The highest BCUT2D eigenvalue weighted by molar-refractivity contribution is 5.78. The van der Waals surface area contributed by atoms with Crippen LogP contribution in [0.2, 0.25) is 0 Å². The molecule has 0 N–H and O–H groups in total. The summed E-state index contributed by atoms with van der Waals surface area (Å²) in [5.74, 6) is 1.41. The highest BCUT2D eigenvalue weighted by Crippen LogP contribution is 2.25. The van der Waals surface area contributed by atoms with E-state index in [1.807, 2.05) is 27.8 Å². The van der Waals surface area contributed by atoms with Gasteiger partial charge in [-0.15, -0.1) is 10.2 Å². The molecule has 2 atom stereocenters. The molecule has 1 amide bonds. The van der Waals surface area contributed by atoms with Gasteiger partial charge in [0.1, 0.15) is 5.69 Å². The molecule has 0 aromatic carbocycles. The fourth-order valence-corrected chi connectivity index (χ4v) is 2.92. The topological polar surface area (TPSA) is 95.5 Å². The van der Waals surface area contributed by atoms with Gasteiger partial charge in [-0.3, -0.25) is 9.48 Å². The molecule has 0 aliphatic carbocycles. The molecule has 0 spiro atoms. The van der Waals surface area contributed by atoms with Crippen LogP contribution in [0.5, 0.6) is 5.75 Å². The molecular formula is C16H23N5O4. The Morgan fingerprint density at radius 2 is 2.04 bits per heavy atom. The summed E-state index contributed by atoms with van der Waals surface area (Å²) < 4.78 is 18.7. The van der Waals surface area contributed by atoms with Crippen LogP contribution in [0.1, 0.15) is 36.2 Å². The molecule has 0 bridgehead atoms. The van der Waals surface area contributed by atoms with Gasteiger partial charge in [-0.25, -0.2) is 0 Å². The van der Waals surface area contributed by atoms with E-state index >= 15 is 0 Å². The SMILES string of the molecule is Cc1nnc([C@H]2CN(C(=O)COc3c(C)nn(C)c3C)C[C@@H](C)O2)o1. The summed E-state index contributed by atoms with van der Waals surface area (Å²) >= 11 is 0. The fourth-order valence-electron chi connectivity index (χ4n) is 2.92. The van der Waals surface area contributed by atoms with E-state index in [4.69, 9.17) is 13.9 Å². The molecular weight excluding hydrogens is 326 g/mol. The number of amides is 1. The minimum absolute atomic E-state index is 0.0460. The van der Waals surface area contributed by atoms with Gasteiger partial charge in [0.2, 0.25) is 11.8 Å². The summed E-state index contributed by atoms with van der Waals surface area (Å²) in [7, 11) is 1.84. The lowest BCUT2D eigenvalue weighted by Gasteiger charge is -2.35. The van der Waals surface area contributed by atoms with Crippen LogP contribution in [-0.4, -0.2) is 56.6 Å². The van der Waals surface area contributed by atoms with Crippen LogP contribution in [0.3, 0.4) is 0 Å². The number of nitrogens with zero attached hydrogens (tertiary/aromatic N) is 5. The quantitative estimate of drug-likeness (QED) is 0.815. The van der Waals surface area contributed by atoms with Crippen LogP contribution >= 0.6 is 0 Å². The highest BCUT2D eigenvalue weighted by atomic mass is 16.5. The zero-order chi connectivity index (χ0) is 18.1. The smallest absolute Gasteiger partial charge is 0.260 e. The van der Waals surface area contributed by atoms with Crippen molar-refractivity contribution in [3.63, 3.8) is 0 Å². The number of aryl methyl sites for hydroxylation is 3. The van der Waals surface area contributed by atoms with Gasteiger partial charge in [-0.1, -0.05) is 0 Å². The molecule has 2 aromatic heterocycles. The third-order valence-corrected chi connectivity index (χ3v) is 4.21. The number of carbonyl (C=O) groups is 1. The van der Waals surface area contributed by atoms with E-state index in [0.29, 0.717) is 30.6 Å². The van der Waals surface area contributed by atoms with Gasteiger partial charge in [-0.05, 0) is 20.8 Å². The molecule has 1 saturated heterocycles. The molecule has 25 heavy (non-hydrogen) atoms. The maximum atomic E-state index is 12.6. The Kier molecular flexibility index (Phi) is 4.76. The number of rotatable bonds is 4. The Bertz CT molecular complexity index is 769. The van der Waals surface area contributed by atoms with Crippen molar-refractivity contribution in [2.45, 2.75) is 39.9 Å². The molecule has 136 valence electrons. The lowest BCUT2D eigenvalue weighted by molar-refractivity contribution is -0.148. The summed E-state index contributed by atoms with van der Waals surface area (Å²) in [5.41, 5.74) is 1.65. The Labute approximate surface area is 145 Å². The van der Waals surface area contributed by atoms with Crippen molar-refractivity contribution in [3.8, 4) is 5.75 Å². The minimum atomic E-state index is -0.421. The van der Waals surface area contributed by atoms with Crippen LogP contribution in [-0.2, 0) is 16.6 Å². The molecule has 0 radical (unpaired) electrons. The molecule has 2 aromatic rings. The first-order valence-corrected chi connectivity index (χ1v) is 8.21. The maximum absolute atomic E-state index is 12.6. The van der Waals surface area contributed by atoms with Crippen molar-refractivity contribution >= 4 is 5.91 Å². The number of aromatic nitrogens is 4. The molecule has 9 nitrogen and oxygen atoms in total. The Morgan fingerprint density at radius 3 is 2.64 bits per heavy atom. The second kappa shape index (κ2) is 6.83. The minimum Gasteiger partial charge on any atom is -0.480 e. The van der Waals surface area contributed by atoms with E-state index in [-0.39, 0.29) is 18.6 Å². The van der Waals surface area contributed by atoms with E-state index < -0.39 is 6.10 Å². The molecule has 0 saturated carbocycles. The van der Waals surface area contributed by atoms with Gasteiger partial charge in [0.25, 0.3) is 5.91 Å². The average Bonchev–Trinajstić information content (AvgIpc) is 3.09. The Balaban J connectivity index is 1.64. The summed E-state index contributed by atoms with van der Waals surface area (Å²) in [6.07, 6.45) is -0.549. The van der Waals surface area contributed by atoms with E-state index in [2.05, 4.69) is 15.3 Å². The Hall–Kier alpha value is -2.42. The predicted molar refractivity (Wildman–Crippen MR) is 87.1 cm³/mol. The highest BCUT2D eigenvalue weighted by Gasteiger charge is 2.32. The first-order valence-electron chi connectivity index (χ1n) is 8.21. The van der Waals surface area contributed by atoms with E-state index in [1.165, 1.54) is 0 Å². The molecule has 1 aliphatic heterocycles. The molecule has 3 rings (SSSR count). The van der Waals surface area contributed by atoms with Crippen LogP contribution in [0.15, 0.2) is 4.42 Å². The largest absolute Gasteiger partial charge is 0.480 e. The normalized spacial score (nSPS) is 20.8. The first kappa shape index (κ1) is 17.4. The van der Waals surface area contributed by atoms with Crippen molar-refractivity contribution in [2.75, 3.05) is 19.7 Å². The van der Waals surface area contributed by atoms with Crippen molar-refractivity contribution in [1.82, 2.24) is 24.9 Å². The molecule has 3 heterocycles. The summed E-state index contributed by atoms with van der Waals surface area (Å²) in [6, 6.07) is 0. The van der Waals surface area contributed by atoms with Crippen LogP contribution in [0.25, 0.3) is 0 Å². The zero-order valence-corrected chi connectivity index (χ0v) is 15.1. The summed E-state index contributed by atoms with van der Waals surface area (Å²) in [4.78, 5) is 14.3. The predicted octanol–water partition coefficient (Wildman–Crippen LogP) is 1.10. The van der Waals surface area contributed by atoms with E-state index in [0.717, 1.165) is 11.4 Å². The van der Waals surface area contributed by atoms with Crippen molar-refractivity contribution < 1.29 is 18.7 Å². The van der Waals surface area contributed by atoms with Crippen molar-refractivity contribution in [2.24, 2.45) is 7.05 Å². The number of carbonyl (C=O) groups excluding carboxylic acids is 1. The molecule has 9 heteroatoms. The fraction of sp³-hybridized carbons (Fsp3) is 0.625. The lowest BCUT2D eigenvalue weighted by Crippen LogP contribution is -2.47. The van der Waals surface area contributed by atoms with Crippen molar-refractivity contribution in [3.05, 3.63) is 23.2 Å². The second-order valence-corrected chi connectivity index (χ2v) is 6.31. The van der Waals surface area contributed by atoms with Gasteiger partial charge in [0.15, 0.2) is 18.5 Å². The van der Waals surface area contributed by atoms with Gasteiger partial charge >= 0.3 is 0 Å².